The van der Waals surface area contributed by atoms with Crippen molar-refractivity contribution in [3.8, 4) is 0 Å². The van der Waals surface area contributed by atoms with E-state index in [4.69, 9.17) is 5.11 Å². The second-order valence-corrected chi connectivity index (χ2v) is 5.75. The number of benzene rings is 1. The Labute approximate surface area is 121 Å². The van der Waals surface area contributed by atoms with Gasteiger partial charge in [0.15, 0.2) is 0 Å². The van der Waals surface area contributed by atoms with E-state index in [1.165, 1.54) is 0 Å². The molecule has 1 aromatic rings. The van der Waals surface area contributed by atoms with Crippen molar-refractivity contribution in [1.29, 1.82) is 0 Å². The number of nitrogens with one attached hydrogen (secondary N) is 1. The summed E-state index contributed by atoms with van der Waals surface area (Å²) in [5.41, 5.74) is 0.776. The lowest BCUT2D eigenvalue weighted by Crippen LogP contribution is -2.47. The van der Waals surface area contributed by atoms with Gasteiger partial charge in [-0.3, -0.25) is 4.79 Å². The molecule has 1 atom stereocenters. The quantitative estimate of drug-likeness (QED) is 0.838. The molecule has 1 aliphatic carbocycles. The second-order valence-electron chi connectivity index (χ2n) is 5.75. The number of carbonyl (C=O) groups is 1. The number of aliphatic hydroxyl groups is 1. The summed E-state index contributed by atoms with van der Waals surface area (Å²) < 4.78 is 0. The summed E-state index contributed by atoms with van der Waals surface area (Å²) in [6.45, 7) is 2.17. The molecule has 0 heterocycles. The highest BCUT2D eigenvalue weighted by atomic mass is 16.3. The van der Waals surface area contributed by atoms with Crippen molar-refractivity contribution in [2.45, 2.75) is 56.9 Å². The maximum absolute atomic E-state index is 12.8. The monoisotopic (exact) mass is 275 g/mol. The second kappa shape index (κ2) is 6.89. The minimum absolute atomic E-state index is 0.0775. The zero-order valence-electron chi connectivity index (χ0n) is 12.3. The fourth-order valence-electron chi connectivity index (χ4n) is 3.24. The molecule has 0 radical (unpaired) electrons. The maximum Gasteiger partial charge on any atom is 0.230 e. The zero-order chi connectivity index (χ0) is 14.4. The van der Waals surface area contributed by atoms with Gasteiger partial charge in [0.1, 0.15) is 0 Å². The van der Waals surface area contributed by atoms with Crippen LogP contribution >= 0.6 is 0 Å². The fourth-order valence-corrected chi connectivity index (χ4v) is 3.24. The van der Waals surface area contributed by atoms with Crippen LogP contribution in [0.25, 0.3) is 0 Å². The summed E-state index contributed by atoms with van der Waals surface area (Å²) in [5, 5.41) is 12.2. The standard InChI is InChI=1S/C17H25NO2/c1-2-15(10-13-19)18-16(20)17(11-6-7-12-17)14-8-4-3-5-9-14/h3-5,8-9,15,19H,2,6-7,10-13H2,1H3,(H,18,20). The van der Waals surface area contributed by atoms with Gasteiger partial charge in [-0.15, -0.1) is 0 Å². The van der Waals surface area contributed by atoms with Crippen molar-refractivity contribution in [2.24, 2.45) is 0 Å². The van der Waals surface area contributed by atoms with Crippen LogP contribution in [-0.2, 0) is 10.2 Å². The Hall–Kier alpha value is -1.35. The van der Waals surface area contributed by atoms with Crippen LogP contribution in [0.5, 0.6) is 0 Å². The fraction of sp³-hybridized carbons (Fsp3) is 0.588. The molecule has 0 aromatic heterocycles. The molecular formula is C17H25NO2. The number of hydrogen-bond acceptors (Lipinski definition) is 2. The van der Waals surface area contributed by atoms with E-state index in [1.54, 1.807) is 0 Å². The summed E-state index contributed by atoms with van der Waals surface area (Å²) in [6, 6.07) is 10.2. The highest BCUT2D eigenvalue weighted by molar-refractivity contribution is 5.88. The Morgan fingerprint density at radius 1 is 1.30 bits per heavy atom. The van der Waals surface area contributed by atoms with E-state index in [0.717, 1.165) is 37.7 Å². The van der Waals surface area contributed by atoms with E-state index in [1.807, 2.05) is 25.1 Å². The largest absolute Gasteiger partial charge is 0.396 e. The van der Waals surface area contributed by atoms with E-state index in [0.29, 0.717) is 6.42 Å². The predicted molar refractivity (Wildman–Crippen MR) is 80.5 cm³/mol. The molecule has 1 fully saturated rings. The lowest BCUT2D eigenvalue weighted by Gasteiger charge is -2.30. The summed E-state index contributed by atoms with van der Waals surface area (Å²) in [4.78, 5) is 12.8. The van der Waals surface area contributed by atoms with E-state index in [-0.39, 0.29) is 24.0 Å². The van der Waals surface area contributed by atoms with Crippen LogP contribution in [0.2, 0.25) is 0 Å². The predicted octanol–water partition coefficient (Wildman–Crippen LogP) is 2.78. The average Bonchev–Trinajstić information content (AvgIpc) is 2.98. The highest BCUT2D eigenvalue weighted by Gasteiger charge is 2.42. The van der Waals surface area contributed by atoms with Crippen molar-refractivity contribution >= 4 is 5.91 Å². The van der Waals surface area contributed by atoms with Crippen LogP contribution in [-0.4, -0.2) is 23.7 Å². The van der Waals surface area contributed by atoms with Gasteiger partial charge in [0.05, 0.1) is 5.41 Å². The third kappa shape index (κ3) is 3.04. The third-order valence-corrected chi connectivity index (χ3v) is 4.52. The van der Waals surface area contributed by atoms with Crippen LogP contribution < -0.4 is 5.32 Å². The minimum atomic E-state index is -0.357. The Bertz CT molecular complexity index is 424. The number of aliphatic hydroxyl groups excluding tert-OH is 1. The van der Waals surface area contributed by atoms with Gasteiger partial charge in [-0.2, -0.15) is 0 Å². The van der Waals surface area contributed by atoms with Gasteiger partial charge in [-0.1, -0.05) is 50.1 Å². The zero-order valence-corrected chi connectivity index (χ0v) is 12.3. The Kier molecular flexibility index (Phi) is 5.18. The average molecular weight is 275 g/mol. The first-order valence-corrected chi connectivity index (χ1v) is 7.70. The van der Waals surface area contributed by atoms with Crippen molar-refractivity contribution in [1.82, 2.24) is 5.32 Å². The molecular weight excluding hydrogens is 250 g/mol. The van der Waals surface area contributed by atoms with Gasteiger partial charge < -0.3 is 10.4 Å². The van der Waals surface area contributed by atoms with E-state index >= 15 is 0 Å². The van der Waals surface area contributed by atoms with Crippen LogP contribution in [0.3, 0.4) is 0 Å². The lowest BCUT2D eigenvalue weighted by atomic mass is 9.77. The number of amides is 1. The van der Waals surface area contributed by atoms with E-state index < -0.39 is 0 Å². The molecule has 0 bridgehead atoms. The molecule has 3 nitrogen and oxygen atoms in total. The number of rotatable bonds is 6. The van der Waals surface area contributed by atoms with Gasteiger partial charge >= 0.3 is 0 Å². The molecule has 2 rings (SSSR count). The van der Waals surface area contributed by atoms with Gasteiger partial charge in [0, 0.05) is 12.6 Å². The Morgan fingerprint density at radius 2 is 1.95 bits per heavy atom. The minimum Gasteiger partial charge on any atom is -0.396 e. The summed E-state index contributed by atoms with van der Waals surface area (Å²) in [7, 11) is 0. The normalized spacial score (nSPS) is 18.7. The first-order chi connectivity index (χ1) is 9.73. The van der Waals surface area contributed by atoms with Crippen LogP contribution in [0.1, 0.15) is 51.0 Å². The Balaban J connectivity index is 2.18. The SMILES string of the molecule is CCC(CCO)NC(=O)C1(c2ccccc2)CCCC1. The summed E-state index contributed by atoms with van der Waals surface area (Å²) >= 11 is 0. The topological polar surface area (TPSA) is 49.3 Å². The molecule has 1 unspecified atom stereocenters. The summed E-state index contributed by atoms with van der Waals surface area (Å²) in [6.07, 6.45) is 5.57. The van der Waals surface area contributed by atoms with Gasteiger partial charge in [-0.25, -0.2) is 0 Å². The molecule has 3 heteroatoms. The highest BCUT2D eigenvalue weighted by Crippen LogP contribution is 2.41. The van der Waals surface area contributed by atoms with Gasteiger partial charge in [0.2, 0.25) is 5.91 Å². The van der Waals surface area contributed by atoms with Crippen LogP contribution in [0.15, 0.2) is 30.3 Å². The molecule has 1 amide bonds. The van der Waals surface area contributed by atoms with Crippen molar-refractivity contribution in [2.75, 3.05) is 6.61 Å². The van der Waals surface area contributed by atoms with Crippen LogP contribution in [0.4, 0.5) is 0 Å². The first-order valence-electron chi connectivity index (χ1n) is 7.70. The molecule has 0 spiro atoms. The molecule has 110 valence electrons. The lowest BCUT2D eigenvalue weighted by molar-refractivity contribution is -0.127. The third-order valence-electron chi connectivity index (χ3n) is 4.52. The van der Waals surface area contributed by atoms with Gasteiger partial charge in [-0.05, 0) is 31.2 Å². The van der Waals surface area contributed by atoms with Crippen molar-refractivity contribution in [3.63, 3.8) is 0 Å². The maximum atomic E-state index is 12.8. The molecule has 0 aliphatic heterocycles. The molecule has 0 saturated heterocycles. The Morgan fingerprint density at radius 3 is 2.50 bits per heavy atom. The molecule has 1 aromatic carbocycles. The van der Waals surface area contributed by atoms with E-state index in [2.05, 4.69) is 17.4 Å². The number of carbonyl (C=O) groups excluding carboxylic acids is 1. The molecule has 1 aliphatic rings. The molecule has 20 heavy (non-hydrogen) atoms. The summed E-state index contributed by atoms with van der Waals surface area (Å²) in [5.74, 6) is 0.140. The number of hydrogen-bond donors (Lipinski definition) is 2. The molecule has 2 N–H and O–H groups in total. The van der Waals surface area contributed by atoms with Crippen molar-refractivity contribution in [3.05, 3.63) is 35.9 Å². The van der Waals surface area contributed by atoms with Crippen LogP contribution in [0, 0.1) is 0 Å². The smallest absolute Gasteiger partial charge is 0.230 e. The van der Waals surface area contributed by atoms with Crippen molar-refractivity contribution < 1.29 is 9.90 Å². The van der Waals surface area contributed by atoms with Gasteiger partial charge in [0.25, 0.3) is 0 Å². The van der Waals surface area contributed by atoms with E-state index in [9.17, 15) is 4.79 Å². The molecule has 1 saturated carbocycles. The first kappa shape index (κ1) is 15.0.